The maximum absolute atomic E-state index is 10.9. The van der Waals surface area contributed by atoms with Crippen LogP contribution in [0, 0.1) is 11.8 Å². The van der Waals surface area contributed by atoms with E-state index in [1.54, 1.807) is 0 Å². The highest BCUT2D eigenvalue weighted by Crippen LogP contribution is 2.28. The average molecular weight is 223 g/mol. The molecule has 0 aromatic heterocycles. The van der Waals surface area contributed by atoms with Crippen LogP contribution < -0.4 is 10.6 Å². The molecule has 2 fully saturated rings. The zero-order chi connectivity index (χ0) is 11.5. The number of nitrogens with zero attached hydrogens (tertiary/aromatic N) is 1. The molecular weight excluding hydrogens is 206 g/mol. The van der Waals surface area contributed by atoms with Crippen molar-refractivity contribution in [3.05, 3.63) is 0 Å². The monoisotopic (exact) mass is 223 g/mol. The molecule has 0 spiro atoms. The smallest absolute Gasteiger partial charge is 0.288 e. The van der Waals surface area contributed by atoms with Gasteiger partial charge in [0.2, 0.25) is 5.96 Å². The van der Waals surface area contributed by atoms with Crippen molar-refractivity contribution in [3.63, 3.8) is 0 Å². The quantitative estimate of drug-likeness (QED) is 0.666. The molecule has 2 aliphatic rings. The van der Waals surface area contributed by atoms with Gasteiger partial charge in [0.05, 0.1) is 0 Å². The van der Waals surface area contributed by atoms with Crippen molar-refractivity contribution in [1.82, 2.24) is 10.6 Å². The first kappa shape index (κ1) is 11.1. The lowest BCUT2D eigenvalue weighted by molar-refractivity contribution is -0.135. The number of nitrogens with one attached hydrogen (secondary N) is 2. The maximum atomic E-state index is 10.9. The molecule has 0 unspecified atom stereocenters. The third-order valence-electron chi connectivity index (χ3n) is 3.31. The topological polar surface area (TPSA) is 70.6 Å². The fourth-order valence-corrected chi connectivity index (χ4v) is 2.17. The number of aliphatic imine (C=N–C) groups is 1. The van der Waals surface area contributed by atoms with E-state index in [4.69, 9.17) is 0 Å². The second kappa shape index (κ2) is 4.63. The Morgan fingerprint density at radius 3 is 2.25 bits per heavy atom. The lowest BCUT2D eigenvalue weighted by atomic mass is 9.83. The highest BCUT2D eigenvalue weighted by Gasteiger charge is 2.25. The van der Waals surface area contributed by atoms with Crippen molar-refractivity contribution in [2.45, 2.75) is 32.6 Å². The number of hydrogen-bond acceptors (Lipinski definition) is 3. The van der Waals surface area contributed by atoms with E-state index in [2.05, 4.69) is 22.5 Å². The van der Waals surface area contributed by atoms with E-state index in [1.165, 1.54) is 25.7 Å². The van der Waals surface area contributed by atoms with Gasteiger partial charge >= 0.3 is 11.8 Å². The molecule has 0 atom stereocenters. The number of carbonyl (C=O) groups is 2. The molecule has 1 aliphatic carbocycles. The fourth-order valence-electron chi connectivity index (χ4n) is 2.17. The van der Waals surface area contributed by atoms with Crippen LogP contribution in [0.5, 0.6) is 0 Å². The van der Waals surface area contributed by atoms with Gasteiger partial charge in [0, 0.05) is 6.54 Å². The number of rotatable bonds is 2. The maximum Gasteiger partial charge on any atom is 0.316 e. The van der Waals surface area contributed by atoms with E-state index in [-0.39, 0.29) is 0 Å². The highest BCUT2D eigenvalue weighted by molar-refractivity contribution is 6.45. The van der Waals surface area contributed by atoms with Crippen LogP contribution >= 0.6 is 0 Å². The van der Waals surface area contributed by atoms with Crippen LogP contribution in [0.4, 0.5) is 0 Å². The Hall–Kier alpha value is -1.39. The predicted octanol–water partition coefficient (Wildman–Crippen LogP) is 0.415. The summed E-state index contributed by atoms with van der Waals surface area (Å²) in [4.78, 5) is 26.0. The summed E-state index contributed by atoms with van der Waals surface area (Å²) in [7, 11) is 0. The van der Waals surface area contributed by atoms with Crippen LogP contribution in [0.1, 0.15) is 32.6 Å². The summed E-state index contributed by atoms with van der Waals surface area (Å²) in [6.07, 6.45) is 4.90. The van der Waals surface area contributed by atoms with E-state index < -0.39 is 11.8 Å². The molecular formula is C11H17N3O2. The molecule has 2 rings (SSSR count). The lowest BCUT2D eigenvalue weighted by Gasteiger charge is -2.24. The molecule has 1 aliphatic heterocycles. The molecule has 2 amide bonds. The largest absolute Gasteiger partial charge is 0.316 e. The standard InChI is InChI=1S/C11H17N3O2/c1-7-2-4-8(5-3-7)6-12-11-13-9(15)10(16)14-11/h7-8H,2-6H2,1H3,(H2,12,13,14,15,16). The molecule has 1 heterocycles. The number of amides is 2. The van der Waals surface area contributed by atoms with Gasteiger partial charge in [0.1, 0.15) is 0 Å². The molecule has 0 aromatic rings. The normalized spacial score (nSPS) is 29.9. The van der Waals surface area contributed by atoms with Gasteiger partial charge in [-0.25, -0.2) is 0 Å². The minimum Gasteiger partial charge on any atom is -0.288 e. The van der Waals surface area contributed by atoms with Gasteiger partial charge in [-0.05, 0) is 24.7 Å². The van der Waals surface area contributed by atoms with Gasteiger partial charge in [0.15, 0.2) is 0 Å². The summed E-state index contributed by atoms with van der Waals surface area (Å²) in [5.74, 6) is 0.508. The van der Waals surface area contributed by atoms with Crippen molar-refractivity contribution in [2.75, 3.05) is 6.54 Å². The van der Waals surface area contributed by atoms with E-state index in [0.717, 1.165) is 5.92 Å². The van der Waals surface area contributed by atoms with Crippen LogP contribution in [0.15, 0.2) is 4.99 Å². The summed E-state index contributed by atoms with van der Waals surface area (Å²) < 4.78 is 0. The Bertz CT molecular complexity index is 312. The van der Waals surface area contributed by atoms with Crippen molar-refractivity contribution >= 4 is 17.8 Å². The Morgan fingerprint density at radius 1 is 1.12 bits per heavy atom. The number of hydrogen-bond donors (Lipinski definition) is 2. The summed E-state index contributed by atoms with van der Waals surface area (Å²) in [5, 5.41) is 4.80. The molecule has 2 N–H and O–H groups in total. The third kappa shape index (κ3) is 2.59. The second-order valence-electron chi connectivity index (χ2n) is 4.72. The first-order valence-electron chi connectivity index (χ1n) is 5.82. The Balaban J connectivity index is 1.81. The molecule has 0 aromatic carbocycles. The summed E-state index contributed by atoms with van der Waals surface area (Å²) in [6, 6.07) is 0. The zero-order valence-electron chi connectivity index (χ0n) is 9.45. The summed E-state index contributed by atoms with van der Waals surface area (Å²) in [5.41, 5.74) is 0. The van der Waals surface area contributed by atoms with Gasteiger partial charge in [-0.2, -0.15) is 0 Å². The lowest BCUT2D eigenvalue weighted by Crippen LogP contribution is -2.27. The Morgan fingerprint density at radius 2 is 1.69 bits per heavy atom. The van der Waals surface area contributed by atoms with E-state index >= 15 is 0 Å². The Kier molecular flexibility index (Phi) is 3.22. The molecule has 16 heavy (non-hydrogen) atoms. The summed E-state index contributed by atoms with van der Waals surface area (Å²) >= 11 is 0. The molecule has 1 saturated heterocycles. The van der Waals surface area contributed by atoms with E-state index in [0.29, 0.717) is 18.4 Å². The van der Waals surface area contributed by atoms with E-state index in [1.807, 2.05) is 0 Å². The van der Waals surface area contributed by atoms with Crippen molar-refractivity contribution in [2.24, 2.45) is 16.8 Å². The fraction of sp³-hybridized carbons (Fsp3) is 0.727. The van der Waals surface area contributed by atoms with Crippen molar-refractivity contribution in [1.29, 1.82) is 0 Å². The highest BCUT2D eigenvalue weighted by atomic mass is 16.2. The second-order valence-corrected chi connectivity index (χ2v) is 4.72. The first-order valence-corrected chi connectivity index (χ1v) is 5.82. The minimum absolute atomic E-state index is 0.314. The SMILES string of the molecule is CC1CCC(CN=C2NC(=O)C(=O)N2)CC1. The Labute approximate surface area is 94.7 Å². The summed E-state index contributed by atoms with van der Waals surface area (Å²) in [6.45, 7) is 2.97. The molecule has 5 nitrogen and oxygen atoms in total. The van der Waals surface area contributed by atoms with Gasteiger partial charge in [-0.3, -0.25) is 25.2 Å². The van der Waals surface area contributed by atoms with Gasteiger partial charge < -0.3 is 0 Å². The van der Waals surface area contributed by atoms with E-state index in [9.17, 15) is 9.59 Å². The molecule has 88 valence electrons. The van der Waals surface area contributed by atoms with Gasteiger partial charge in [-0.1, -0.05) is 19.8 Å². The zero-order valence-corrected chi connectivity index (χ0v) is 9.45. The van der Waals surface area contributed by atoms with Crippen LogP contribution in [0.25, 0.3) is 0 Å². The number of carbonyl (C=O) groups excluding carboxylic acids is 2. The molecule has 5 heteroatoms. The van der Waals surface area contributed by atoms with Crippen molar-refractivity contribution in [3.8, 4) is 0 Å². The molecule has 0 bridgehead atoms. The van der Waals surface area contributed by atoms with Gasteiger partial charge in [0.25, 0.3) is 0 Å². The van der Waals surface area contributed by atoms with Crippen LogP contribution in [0.2, 0.25) is 0 Å². The average Bonchev–Trinajstić information content (AvgIpc) is 2.58. The number of guanidine groups is 1. The van der Waals surface area contributed by atoms with Crippen molar-refractivity contribution < 1.29 is 9.59 Å². The predicted molar refractivity (Wildman–Crippen MR) is 59.7 cm³/mol. The van der Waals surface area contributed by atoms with Crippen LogP contribution in [-0.4, -0.2) is 24.3 Å². The first-order chi connectivity index (χ1) is 7.65. The molecule has 0 radical (unpaired) electrons. The minimum atomic E-state index is -0.615. The van der Waals surface area contributed by atoms with Crippen LogP contribution in [-0.2, 0) is 9.59 Å². The van der Waals surface area contributed by atoms with Crippen LogP contribution in [0.3, 0.4) is 0 Å². The molecule has 1 saturated carbocycles. The third-order valence-corrected chi connectivity index (χ3v) is 3.31. The van der Waals surface area contributed by atoms with Gasteiger partial charge in [-0.15, -0.1) is 0 Å².